The fourth-order valence-electron chi connectivity index (χ4n) is 3.27. The van der Waals surface area contributed by atoms with Gasteiger partial charge in [0.2, 0.25) is 0 Å². The van der Waals surface area contributed by atoms with E-state index in [1.54, 1.807) is 6.07 Å². The Balaban J connectivity index is 2.00. The zero-order valence-electron chi connectivity index (χ0n) is 18.6. The van der Waals surface area contributed by atoms with Gasteiger partial charge in [-0.3, -0.25) is 0 Å². The second kappa shape index (κ2) is 10.8. The summed E-state index contributed by atoms with van der Waals surface area (Å²) < 4.78 is 78.8. The summed E-state index contributed by atoms with van der Waals surface area (Å²) in [5.41, 5.74) is 4.76. The maximum Gasteiger partial charge on any atom is 0.416 e. The van der Waals surface area contributed by atoms with Crippen LogP contribution in [0.25, 0.3) is 10.9 Å². The number of nitrogens with two attached hydrogens (primary N) is 1. The average molecular weight is 495 g/mol. The van der Waals surface area contributed by atoms with E-state index >= 15 is 0 Å². The van der Waals surface area contributed by atoms with Crippen LogP contribution in [0.3, 0.4) is 0 Å². The van der Waals surface area contributed by atoms with Gasteiger partial charge in [-0.05, 0) is 60.8 Å². The summed E-state index contributed by atoms with van der Waals surface area (Å²) in [5.74, 6) is 0.704. The largest absolute Gasteiger partial charge is 0.416 e. The first-order valence-corrected chi connectivity index (χ1v) is 10.6. The zero-order valence-corrected chi connectivity index (χ0v) is 18.6. The third kappa shape index (κ3) is 6.95. The highest BCUT2D eigenvalue weighted by atomic mass is 19.4. The predicted octanol–water partition coefficient (Wildman–Crippen LogP) is 6.01. The van der Waals surface area contributed by atoms with Crippen molar-refractivity contribution in [3.63, 3.8) is 0 Å². The number of halogens is 6. The van der Waals surface area contributed by atoms with E-state index in [4.69, 9.17) is 5.73 Å². The van der Waals surface area contributed by atoms with Crippen molar-refractivity contribution >= 4 is 22.4 Å². The summed E-state index contributed by atoms with van der Waals surface area (Å²) >= 11 is 0. The Morgan fingerprint density at radius 3 is 2.31 bits per heavy atom. The van der Waals surface area contributed by atoms with Crippen LogP contribution in [-0.2, 0) is 19.1 Å². The summed E-state index contributed by atoms with van der Waals surface area (Å²) in [6.45, 7) is 2.83. The minimum absolute atomic E-state index is 0.299. The Morgan fingerprint density at radius 2 is 1.71 bits per heavy atom. The number of hydrogen-bond donors (Lipinski definition) is 3. The molecule has 0 radical (unpaired) electrons. The minimum Gasteiger partial charge on any atom is -0.405 e. The lowest BCUT2D eigenvalue weighted by molar-refractivity contribution is -0.137. The molecule has 0 aliphatic heterocycles. The molecule has 0 spiro atoms. The van der Waals surface area contributed by atoms with Crippen LogP contribution in [-0.4, -0.2) is 22.7 Å². The first kappa shape index (κ1) is 26.0. The van der Waals surface area contributed by atoms with Gasteiger partial charge < -0.3 is 16.4 Å². The number of fused-ring (bicyclic) bond motifs is 1. The molecule has 0 amide bonds. The number of benzene rings is 2. The third-order valence-electron chi connectivity index (χ3n) is 4.98. The van der Waals surface area contributed by atoms with Gasteiger partial charge in [-0.25, -0.2) is 9.97 Å². The molecule has 1 heterocycles. The normalized spacial score (nSPS) is 13.1. The Morgan fingerprint density at radius 1 is 1.00 bits per heavy atom. The van der Waals surface area contributed by atoms with Gasteiger partial charge in [0.15, 0.2) is 0 Å². The summed E-state index contributed by atoms with van der Waals surface area (Å²) in [4.78, 5) is 8.91. The summed E-state index contributed by atoms with van der Waals surface area (Å²) in [5, 5.41) is 6.58. The molecule has 0 aliphatic carbocycles. The minimum atomic E-state index is -4.54. The van der Waals surface area contributed by atoms with Crippen LogP contribution in [0.1, 0.15) is 23.9 Å². The molecule has 0 saturated heterocycles. The number of aromatic nitrogens is 2. The van der Waals surface area contributed by atoms with Crippen LogP contribution in [0, 0.1) is 0 Å². The van der Waals surface area contributed by atoms with Gasteiger partial charge >= 0.3 is 12.4 Å². The van der Waals surface area contributed by atoms with Gasteiger partial charge in [-0.1, -0.05) is 19.1 Å². The second-order valence-corrected chi connectivity index (χ2v) is 7.57. The molecule has 0 unspecified atom stereocenters. The van der Waals surface area contributed by atoms with E-state index in [0.29, 0.717) is 46.9 Å². The Bertz CT molecular complexity index is 1210. The Labute approximate surface area is 197 Å². The number of allylic oxidation sites excluding steroid dienone is 3. The number of anilines is 2. The lowest BCUT2D eigenvalue weighted by Crippen LogP contribution is -2.15. The second-order valence-electron chi connectivity index (χ2n) is 7.57. The molecule has 0 aliphatic rings. The van der Waals surface area contributed by atoms with Crippen molar-refractivity contribution in [1.82, 2.24) is 15.3 Å². The molecule has 1 aromatic heterocycles. The first-order chi connectivity index (χ1) is 16.5. The Kier molecular flexibility index (Phi) is 8.00. The highest BCUT2D eigenvalue weighted by molar-refractivity contribution is 5.91. The van der Waals surface area contributed by atoms with Crippen LogP contribution in [0.15, 0.2) is 66.4 Å². The lowest BCUT2D eigenvalue weighted by atomic mass is 10.0. The SMILES string of the molecule is CCNCc1nc(Nc2ccc(C(F)(F)F)cc2)c2ccc(C/C(=C\C=C/N)C(F)(F)F)cc2n1. The van der Waals surface area contributed by atoms with E-state index in [2.05, 4.69) is 20.6 Å². The summed E-state index contributed by atoms with van der Waals surface area (Å²) in [7, 11) is 0. The van der Waals surface area contributed by atoms with E-state index in [9.17, 15) is 26.3 Å². The van der Waals surface area contributed by atoms with Crippen molar-refractivity contribution < 1.29 is 26.3 Å². The van der Waals surface area contributed by atoms with Crippen molar-refractivity contribution in [2.24, 2.45) is 5.73 Å². The van der Waals surface area contributed by atoms with Crippen molar-refractivity contribution in [2.45, 2.75) is 32.2 Å². The molecule has 0 fully saturated rings. The molecule has 5 nitrogen and oxygen atoms in total. The molecular weight excluding hydrogens is 472 g/mol. The molecule has 4 N–H and O–H groups in total. The maximum atomic E-state index is 13.4. The van der Waals surface area contributed by atoms with Crippen molar-refractivity contribution in [3.8, 4) is 0 Å². The van der Waals surface area contributed by atoms with E-state index in [1.807, 2.05) is 6.92 Å². The van der Waals surface area contributed by atoms with Crippen molar-refractivity contribution in [1.29, 1.82) is 0 Å². The topological polar surface area (TPSA) is 75.9 Å². The fraction of sp³-hybridized carbons (Fsp3) is 0.250. The predicted molar refractivity (Wildman–Crippen MR) is 123 cm³/mol. The van der Waals surface area contributed by atoms with Crippen molar-refractivity contribution in [2.75, 3.05) is 11.9 Å². The highest BCUT2D eigenvalue weighted by Gasteiger charge is 2.33. The monoisotopic (exact) mass is 495 g/mol. The van der Waals surface area contributed by atoms with Crippen LogP contribution in [0.5, 0.6) is 0 Å². The van der Waals surface area contributed by atoms with Crippen LogP contribution in [0.4, 0.5) is 37.8 Å². The van der Waals surface area contributed by atoms with Crippen LogP contribution < -0.4 is 16.4 Å². The molecule has 3 rings (SSSR count). The molecule has 186 valence electrons. The number of rotatable bonds is 8. The number of alkyl halides is 6. The lowest BCUT2D eigenvalue weighted by Gasteiger charge is -2.14. The van der Waals surface area contributed by atoms with Crippen LogP contribution >= 0.6 is 0 Å². The highest BCUT2D eigenvalue weighted by Crippen LogP contribution is 2.32. The number of nitrogens with zero attached hydrogens (tertiary/aromatic N) is 2. The Hall–Kier alpha value is -3.60. The quantitative estimate of drug-likeness (QED) is 0.264. The molecular formula is C24H23F6N5. The van der Waals surface area contributed by atoms with E-state index in [1.165, 1.54) is 24.3 Å². The zero-order chi connectivity index (χ0) is 25.6. The third-order valence-corrected chi connectivity index (χ3v) is 4.98. The molecule has 0 bridgehead atoms. The summed E-state index contributed by atoms with van der Waals surface area (Å²) in [6.07, 6.45) is -6.33. The smallest absolute Gasteiger partial charge is 0.405 e. The van der Waals surface area contributed by atoms with E-state index < -0.39 is 29.9 Å². The van der Waals surface area contributed by atoms with Gasteiger partial charge in [0, 0.05) is 23.1 Å². The molecule has 2 aromatic carbocycles. The van der Waals surface area contributed by atoms with Gasteiger partial charge in [0.05, 0.1) is 17.6 Å². The molecule has 0 atom stereocenters. The molecule has 0 saturated carbocycles. The summed E-state index contributed by atoms with van der Waals surface area (Å²) in [6, 6.07) is 9.10. The van der Waals surface area contributed by atoms with E-state index in [0.717, 1.165) is 30.5 Å². The van der Waals surface area contributed by atoms with Crippen LogP contribution in [0.2, 0.25) is 0 Å². The molecule has 11 heteroatoms. The fourth-order valence-corrected chi connectivity index (χ4v) is 3.27. The molecule has 35 heavy (non-hydrogen) atoms. The number of nitrogens with one attached hydrogen (secondary N) is 2. The van der Waals surface area contributed by atoms with Gasteiger partial charge in [0.25, 0.3) is 0 Å². The molecule has 3 aromatic rings. The van der Waals surface area contributed by atoms with Gasteiger partial charge in [-0.2, -0.15) is 26.3 Å². The van der Waals surface area contributed by atoms with E-state index in [-0.39, 0.29) is 0 Å². The average Bonchev–Trinajstić information content (AvgIpc) is 2.79. The number of hydrogen-bond acceptors (Lipinski definition) is 5. The van der Waals surface area contributed by atoms with Crippen molar-refractivity contribution in [3.05, 3.63) is 83.3 Å². The van der Waals surface area contributed by atoms with Gasteiger partial charge in [0.1, 0.15) is 11.6 Å². The standard InChI is InChI=1S/C24H23F6N5/c1-2-32-14-21-34-20-13-15(12-17(4-3-11-31)24(28,29)30)5-10-19(20)22(35-21)33-18-8-6-16(7-9-18)23(25,26)27/h3-11,13,32H,2,12,14,31H2,1H3,(H,33,34,35)/b11-3-,17-4+. The van der Waals surface area contributed by atoms with Gasteiger partial charge in [-0.15, -0.1) is 0 Å². The maximum absolute atomic E-state index is 13.4. The first-order valence-electron chi connectivity index (χ1n) is 10.6.